The van der Waals surface area contributed by atoms with Crippen molar-refractivity contribution in [2.45, 2.75) is 11.4 Å². The molecule has 22 heavy (non-hydrogen) atoms. The number of thiophene rings is 1. The fraction of sp³-hybridized carbons (Fsp3) is 0.154. The van der Waals surface area contributed by atoms with Gasteiger partial charge in [0, 0.05) is 6.54 Å². The second kappa shape index (κ2) is 6.88. The average Bonchev–Trinajstić information content (AvgIpc) is 3.03. The molecule has 0 saturated carbocycles. The molecule has 0 aliphatic carbocycles. The standard InChI is InChI=1S/C13H15N3O4S2/c1-20-10-4-2-9(3-5-10)8-15-22(18,19)11-6-7-21-12(11)13(17)16-14/h2-7,15H,8,14H2,1H3,(H,16,17). The zero-order chi connectivity index (χ0) is 16.2. The van der Waals surface area contributed by atoms with Crippen molar-refractivity contribution in [1.82, 2.24) is 10.1 Å². The van der Waals surface area contributed by atoms with Crippen molar-refractivity contribution in [2.24, 2.45) is 5.84 Å². The zero-order valence-corrected chi connectivity index (χ0v) is 13.3. The second-order valence-electron chi connectivity index (χ2n) is 4.26. The number of nitrogen functional groups attached to an aromatic ring is 1. The smallest absolute Gasteiger partial charge is 0.276 e. The SMILES string of the molecule is COc1ccc(CNS(=O)(=O)c2ccsc2C(=O)NN)cc1. The van der Waals surface area contributed by atoms with E-state index in [4.69, 9.17) is 10.6 Å². The summed E-state index contributed by atoms with van der Waals surface area (Å²) in [5.74, 6) is 5.10. The molecule has 0 bridgehead atoms. The highest BCUT2D eigenvalue weighted by Crippen LogP contribution is 2.22. The van der Waals surface area contributed by atoms with Crippen molar-refractivity contribution in [1.29, 1.82) is 0 Å². The third-order valence-corrected chi connectivity index (χ3v) is 5.37. The number of hydrogen-bond acceptors (Lipinski definition) is 6. The van der Waals surface area contributed by atoms with E-state index in [1.807, 2.05) is 5.43 Å². The number of rotatable bonds is 6. The van der Waals surface area contributed by atoms with Crippen LogP contribution in [0.1, 0.15) is 15.2 Å². The van der Waals surface area contributed by atoms with E-state index < -0.39 is 15.9 Å². The van der Waals surface area contributed by atoms with Crippen LogP contribution in [0.4, 0.5) is 0 Å². The van der Waals surface area contributed by atoms with Gasteiger partial charge in [-0.2, -0.15) is 0 Å². The van der Waals surface area contributed by atoms with Gasteiger partial charge in [-0.3, -0.25) is 10.2 Å². The Bertz CT molecular complexity index is 754. The van der Waals surface area contributed by atoms with Gasteiger partial charge in [-0.1, -0.05) is 12.1 Å². The van der Waals surface area contributed by atoms with Crippen molar-refractivity contribution < 1.29 is 17.9 Å². The highest BCUT2D eigenvalue weighted by Gasteiger charge is 2.23. The lowest BCUT2D eigenvalue weighted by molar-refractivity contribution is 0.0954. The van der Waals surface area contributed by atoms with Gasteiger partial charge in [0.1, 0.15) is 15.5 Å². The van der Waals surface area contributed by atoms with Crippen molar-refractivity contribution in [3.8, 4) is 5.75 Å². The summed E-state index contributed by atoms with van der Waals surface area (Å²) in [5, 5.41) is 1.52. The van der Waals surface area contributed by atoms with Crippen LogP contribution in [0.2, 0.25) is 0 Å². The van der Waals surface area contributed by atoms with Gasteiger partial charge in [0.05, 0.1) is 7.11 Å². The molecule has 0 radical (unpaired) electrons. The predicted octanol–water partition coefficient (Wildman–Crippen LogP) is 0.839. The monoisotopic (exact) mass is 341 g/mol. The zero-order valence-electron chi connectivity index (χ0n) is 11.7. The number of hydrazine groups is 1. The molecular formula is C13H15N3O4S2. The largest absolute Gasteiger partial charge is 0.497 e. The minimum absolute atomic E-state index is 0.0460. The Morgan fingerprint density at radius 1 is 1.27 bits per heavy atom. The van der Waals surface area contributed by atoms with Crippen molar-refractivity contribution in [3.05, 3.63) is 46.2 Å². The molecule has 0 unspecified atom stereocenters. The van der Waals surface area contributed by atoms with Gasteiger partial charge >= 0.3 is 0 Å². The van der Waals surface area contributed by atoms with E-state index in [-0.39, 0.29) is 16.3 Å². The summed E-state index contributed by atoms with van der Waals surface area (Å²) < 4.78 is 32.0. The van der Waals surface area contributed by atoms with Crippen molar-refractivity contribution in [3.63, 3.8) is 0 Å². The lowest BCUT2D eigenvalue weighted by Gasteiger charge is -2.08. The Labute approximate surface area is 132 Å². The van der Waals surface area contributed by atoms with Crippen LogP contribution < -0.4 is 20.7 Å². The molecule has 1 aromatic carbocycles. The summed E-state index contributed by atoms with van der Waals surface area (Å²) in [6.07, 6.45) is 0. The molecule has 1 amide bonds. The molecule has 2 rings (SSSR count). The molecule has 0 aliphatic heterocycles. The summed E-state index contributed by atoms with van der Waals surface area (Å²) in [5.41, 5.74) is 2.70. The topological polar surface area (TPSA) is 111 Å². The maximum atomic E-state index is 12.3. The van der Waals surface area contributed by atoms with E-state index in [0.29, 0.717) is 5.75 Å². The first-order valence-electron chi connectivity index (χ1n) is 6.19. The van der Waals surface area contributed by atoms with E-state index in [2.05, 4.69) is 4.72 Å². The molecule has 0 atom stereocenters. The summed E-state index contributed by atoms with van der Waals surface area (Å²) in [4.78, 5) is 11.5. The molecule has 118 valence electrons. The van der Waals surface area contributed by atoms with Crippen LogP contribution in [0.3, 0.4) is 0 Å². The van der Waals surface area contributed by atoms with Crippen LogP contribution in [0, 0.1) is 0 Å². The molecule has 0 spiro atoms. The Balaban J connectivity index is 2.14. The second-order valence-corrected chi connectivity index (χ2v) is 6.91. The average molecular weight is 341 g/mol. The molecule has 0 aliphatic rings. The number of nitrogens with two attached hydrogens (primary N) is 1. The van der Waals surface area contributed by atoms with Crippen LogP contribution in [0.15, 0.2) is 40.6 Å². The maximum absolute atomic E-state index is 12.3. The number of sulfonamides is 1. The molecule has 7 nitrogen and oxygen atoms in total. The Morgan fingerprint density at radius 3 is 2.55 bits per heavy atom. The molecule has 1 heterocycles. The third-order valence-electron chi connectivity index (χ3n) is 2.88. The van der Waals surface area contributed by atoms with Gasteiger partial charge in [-0.25, -0.2) is 19.0 Å². The first-order valence-corrected chi connectivity index (χ1v) is 8.55. The van der Waals surface area contributed by atoms with E-state index in [0.717, 1.165) is 16.9 Å². The first kappa shape index (κ1) is 16.4. The molecular weight excluding hydrogens is 326 g/mol. The van der Waals surface area contributed by atoms with Crippen LogP contribution in [0.25, 0.3) is 0 Å². The number of nitrogens with one attached hydrogen (secondary N) is 2. The van der Waals surface area contributed by atoms with Crippen LogP contribution in [-0.2, 0) is 16.6 Å². The van der Waals surface area contributed by atoms with Gasteiger partial charge in [0.15, 0.2) is 0 Å². The number of hydrogen-bond donors (Lipinski definition) is 3. The lowest BCUT2D eigenvalue weighted by atomic mass is 10.2. The maximum Gasteiger partial charge on any atom is 0.276 e. The highest BCUT2D eigenvalue weighted by molar-refractivity contribution is 7.89. The normalized spacial score (nSPS) is 11.2. The molecule has 9 heteroatoms. The summed E-state index contributed by atoms with van der Waals surface area (Å²) in [7, 11) is -2.25. The van der Waals surface area contributed by atoms with Gasteiger partial charge < -0.3 is 4.74 Å². The number of ether oxygens (including phenoxy) is 1. The minimum atomic E-state index is -3.80. The predicted molar refractivity (Wildman–Crippen MR) is 83.0 cm³/mol. The first-order chi connectivity index (χ1) is 10.5. The number of benzene rings is 1. The minimum Gasteiger partial charge on any atom is -0.497 e. The fourth-order valence-electron chi connectivity index (χ4n) is 1.74. The Kier molecular flexibility index (Phi) is 5.14. The Morgan fingerprint density at radius 2 is 1.95 bits per heavy atom. The van der Waals surface area contributed by atoms with Crippen LogP contribution in [-0.4, -0.2) is 21.4 Å². The van der Waals surface area contributed by atoms with Crippen LogP contribution >= 0.6 is 11.3 Å². The van der Waals surface area contributed by atoms with E-state index >= 15 is 0 Å². The fourth-order valence-corrected chi connectivity index (χ4v) is 4.09. The number of amides is 1. The van der Waals surface area contributed by atoms with E-state index in [1.54, 1.807) is 31.4 Å². The molecule has 0 fully saturated rings. The molecule has 4 N–H and O–H groups in total. The number of carbonyl (C=O) groups is 1. The van der Waals surface area contributed by atoms with Gasteiger partial charge in [-0.15, -0.1) is 11.3 Å². The van der Waals surface area contributed by atoms with Crippen molar-refractivity contribution in [2.75, 3.05) is 7.11 Å². The summed E-state index contributed by atoms with van der Waals surface area (Å²) in [6.45, 7) is 0.103. The quantitative estimate of drug-likeness (QED) is 0.410. The van der Waals surface area contributed by atoms with Crippen LogP contribution in [0.5, 0.6) is 5.75 Å². The highest BCUT2D eigenvalue weighted by atomic mass is 32.2. The van der Waals surface area contributed by atoms with Gasteiger partial charge in [0.25, 0.3) is 5.91 Å². The van der Waals surface area contributed by atoms with Gasteiger partial charge in [0.2, 0.25) is 10.0 Å². The van der Waals surface area contributed by atoms with Crippen molar-refractivity contribution >= 4 is 27.3 Å². The van der Waals surface area contributed by atoms with Gasteiger partial charge in [-0.05, 0) is 29.1 Å². The third kappa shape index (κ3) is 3.63. The lowest BCUT2D eigenvalue weighted by Crippen LogP contribution is -2.31. The summed E-state index contributed by atoms with van der Waals surface area (Å²) >= 11 is 1.01. The Hall–Kier alpha value is -1.94. The molecule has 0 saturated heterocycles. The van der Waals surface area contributed by atoms with E-state index in [1.165, 1.54) is 11.4 Å². The molecule has 1 aromatic heterocycles. The van der Waals surface area contributed by atoms with E-state index in [9.17, 15) is 13.2 Å². The number of carbonyl (C=O) groups excluding carboxylic acids is 1. The molecule has 2 aromatic rings. The summed E-state index contributed by atoms with van der Waals surface area (Å²) in [6, 6.07) is 8.35. The number of methoxy groups -OCH3 is 1.